The molecule has 0 aliphatic carbocycles. The van der Waals surface area contributed by atoms with Crippen molar-refractivity contribution >= 4 is 21.9 Å². The second-order valence-corrected chi connectivity index (χ2v) is 3.82. The van der Waals surface area contributed by atoms with Crippen molar-refractivity contribution in [1.82, 2.24) is 0 Å². The van der Waals surface area contributed by atoms with E-state index in [0.29, 0.717) is 6.61 Å². The van der Waals surface area contributed by atoms with Crippen molar-refractivity contribution in [2.45, 2.75) is 6.42 Å². The fraction of sp³-hybridized carbons (Fsp3) is 0.364. The number of esters is 1. The van der Waals surface area contributed by atoms with Crippen LogP contribution in [0.4, 0.5) is 4.39 Å². The van der Waals surface area contributed by atoms with Crippen molar-refractivity contribution in [2.24, 2.45) is 0 Å². The van der Waals surface area contributed by atoms with Gasteiger partial charge in [-0.1, -0.05) is 15.9 Å². The lowest BCUT2D eigenvalue weighted by molar-refractivity contribution is 0.0600. The van der Waals surface area contributed by atoms with Crippen LogP contribution in [0.1, 0.15) is 16.8 Å². The molecule has 1 aromatic carbocycles. The number of methoxy groups -OCH3 is 1. The number of rotatable bonds is 5. The Labute approximate surface area is 102 Å². The summed E-state index contributed by atoms with van der Waals surface area (Å²) in [6, 6.07) is 3.89. The summed E-state index contributed by atoms with van der Waals surface area (Å²) in [4.78, 5) is 11.2. The Bertz CT molecular complexity index is 368. The van der Waals surface area contributed by atoms with Gasteiger partial charge in [0.2, 0.25) is 0 Å². The molecular weight excluding hydrogens is 279 g/mol. The quantitative estimate of drug-likeness (QED) is 0.475. The van der Waals surface area contributed by atoms with E-state index in [2.05, 4.69) is 20.7 Å². The first-order chi connectivity index (χ1) is 7.69. The zero-order chi connectivity index (χ0) is 12.0. The molecule has 0 unspecified atom stereocenters. The lowest BCUT2D eigenvalue weighted by Gasteiger charge is -2.07. The molecule has 0 aliphatic heterocycles. The Morgan fingerprint density at radius 3 is 2.88 bits per heavy atom. The van der Waals surface area contributed by atoms with Gasteiger partial charge in [-0.3, -0.25) is 0 Å². The van der Waals surface area contributed by atoms with Crippen LogP contribution >= 0.6 is 15.9 Å². The van der Waals surface area contributed by atoms with E-state index in [1.807, 2.05) is 0 Å². The highest BCUT2D eigenvalue weighted by Crippen LogP contribution is 2.19. The smallest absolute Gasteiger partial charge is 0.337 e. The number of benzene rings is 1. The first-order valence-corrected chi connectivity index (χ1v) is 5.88. The second-order valence-electron chi connectivity index (χ2n) is 3.03. The molecule has 3 nitrogen and oxygen atoms in total. The van der Waals surface area contributed by atoms with Crippen LogP contribution in [-0.4, -0.2) is 25.0 Å². The van der Waals surface area contributed by atoms with Gasteiger partial charge in [-0.2, -0.15) is 0 Å². The Morgan fingerprint density at radius 2 is 2.25 bits per heavy atom. The summed E-state index contributed by atoms with van der Waals surface area (Å²) < 4.78 is 23.0. The molecule has 1 rings (SSSR count). The van der Waals surface area contributed by atoms with Crippen LogP contribution in [0.5, 0.6) is 5.75 Å². The van der Waals surface area contributed by atoms with Crippen molar-refractivity contribution in [3.05, 3.63) is 29.6 Å². The van der Waals surface area contributed by atoms with Crippen molar-refractivity contribution in [3.8, 4) is 5.75 Å². The molecule has 0 aromatic heterocycles. The van der Waals surface area contributed by atoms with Crippen molar-refractivity contribution in [2.75, 3.05) is 19.0 Å². The van der Waals surface area contributed by atoms with E-state index in [9.17, 15) is 9.18 Å². The zero-order valence-corrected chi connectivity index (χ0v) is 10.4. The van der Waals surface area contributed by atoms with E-state index < -0.39 is 11.8 Å². The van der Waals surface area contributed by atoms with Gasteiger partial charge in [0.1, 0.15) is 0 Å². The minimum absolute atomic E-state index is 0.0730. The average molecular weight is 291 g/mol. The number of halogens is 2. The number of hydrogen-bond donors (Lipinski definition) is 0. The van der Waals surface area contributed by atoms with Crippen molar-refractivity contribution in [3.63, 3.8) is 0 Å². The van der Waals surface area contributed by atoms with Crippen LogP contribution < -0.4 is 4.74 Å². The molecule has 0 saturated heterocycles. The molecule has 5 heteroatoms. The zero-order valence-electron chi connectivity index (χ0n) is 8.83. The third-order valence-corrected chi connectivity index (χ3v) is 2.45. The maximum absolute atomic E-state index is 13.3. The number of ether oxygens (including phenoxy) is 2. The van der Waals surface area contributed by atoms with Crippen LogP contribution in [0.15, 0.2) is 18.2 Å². The fourth-order valence-corrected chi connectivity index (χ4v) is 1.32. The molecule has 0 saturated carbocycles. The molecule has 0 spiro atoms. The van der Waals surface area contributed by atoms with E-state index >= 15 is 0 Å². The maximum atomic E-state index is 13.3. The van der Waals surface area contributed by atoms with Crippen molar-refractivity contribution < 1.29 is 18.7 Å². The van der Waals surface area contributed by atoms with Crippen LogP contribution in [0, 0.1) is 5.82 Å². The standard InChI is InChI=1S/C11H12BrFO3/c1-15-11(14)8-3-4-9(13)10(7-8)16-6-2-5-12/h3-4,7H,2,5-6H2,1H3. The summed E-state index contributed by atoms with van der Waals surface area (Å²) in [6.45, 7) is 0.396. The van der Waals surface area contributed by atoms with Gasteiger partial charge >= 0.3 is 5.97 Å². The highest BCUT2D eigenvalue weighted by molar-refractivity contribution is 9.09. The Hall–Kier alpha value is -1.10. The molecule has 1 aromatic rings. The molecule has 0 fully saturated rings. The van der Waals surface area contributed by atoms with E-state index in [1.165, 1.54) is 25.3 Å². The molecule has 0 aliphatic rings. The third-order valence-electron chi connectivity index (χ3n) is 1.89. The SMILES string of the molecule is COC(=O)c1ccc(F)c(OCCCBr)c1. The summed E-state index contributed by atoms with van der Waals surface area (Å²) in [6.07, 6.45) is 0.766. The summed E-state index contributed by atoms with van der Waals surface area (Å²) >= 11 is 3.24. The van der Waals surface area contributed by atoms with Gasteiger partial charge in [-0.05, 0) is 24.6 Å². The first kappa shape index (κ1) is 13.0. The van der Waals surface area contributed by atoms with Crippen LogP contribution in [-0.2, 0) is 4.74 Å². The fourth-order valence-electron chi connectivity index (χ4n) is 1.10. The molecule has 0 radical (unpaired) electrons. The predicted molar refractivity (Wildman–Crippen MR) is 61.6 cm³/mol. The normalized spacial score (nSPS) is 9.94. The average Bonchev–Trinajstić information content (AvgIpc) is 2.31. The maximum Gasteiger partial charge on any atom is 0.337 e. The van der Waals surface area contributed by atoms with Gasteiger partial charge < -0.3 is 9.47 Å². The number of carbonyl (C=O) groups excluding carboxylic acids is 1. The van der Waals surface area contributed by atoms with Crippen molar-refractivity contribution in [1.29, 1.82) is 0 Å². The van der Waals surface area contributed by atoms with Gasteiger partial charge in [-0.25, -0.2) is 9.18 Å². The molecule has 0 N–H and O–H groups in total. The highest BCUT2D eigenvalue weighted by Gasteiger charge is 2.10. The van der Waals surface area contributed by atoms with Crippen LogP contribution in [0.25, 0.3) is 0 Å². The van der Waals surface area contributed by atoms with E-state index in [-0.39, 0.29) is 11.3 Å². The van der Waals surface area contributed by atoms with Crippen LogP contribution in [0.3, 0.4) is 0 Å². The molecule has 16 heavy (non-hydrogen) atoms. The molecule has 88 valence electrons. The summed E-state index contributed by atoms with van der Waals surface area (Å²) in [5.74, 6) is -0.920. The molecular formula is C11H12BrFO3. The highest BCUT2D eigenvalue weighted by atomic mass is 79.9. The number of carbonyl (C=O) groups is 1. The summed E-state index contributed by atoms with van der Waals surface area (Å²) in [5, 5.41) is 0.783. The minimum atomic E-state index is -0.509. The topological polar surface area (TPSA) is 35.5 Å². The molecule has 0 bridgehead atoms. The van der Waals surface area contributed by atoms with Gasteiger partial charge in [0, 0.05) is 5.33 Å². The second kappa shape index (κ2) is 6.48. The monoisotopic (exact) mass is 290 g/mol. The van der Waals surface area contributed by atoms with Gasteiger partial charge in [0.05, 0.1) is 19.3 Å². The molecule has 0 atom stereocenters. The van der Waals surface area contributed by atoms with Gasteiger partial charge in [0.15, 0.2) is 11.6 Å². The lowest BCUT2D eigenvalue weighted by atomic mass is 10.2. The third kappa shape index (κ3) is 3.48. The van der Waals surface area contributed by atoms with Gasteiger partial charge in [0.25, 0.3) is 0 Å². The van der Waals surface area contributed by atoms with E-state index in [0.717, 1.165) is 11.8 Å². The van der Waals surface area contributed by atoms with Gasteiger partial charge in [-0.15, -0.1) is 0 Å². The first-order valence-electron chi connectivity index (χ1n) is 4.75. The summed E-state index contributed by atoms with van der Waals surface area (Å²) in [5.41, 5.74) is 0.276. The Kier molecular flexibility index (Phi) is 5.25. The summed E-state index contributed by atoms with van der Waals surface area (Å²) in [7, 11) is 1.27. The minimum Gasteiger partial charge on any atom is -0.490 e. The molecule has 0 heterocycles. The van der Waals surface area contributed by atoms with Crippen LogP contribution in [0.2, 0.25) is 0 Å². The molecule has 0 amide bonds. The van der Waals surface area contributed by atoms with E-state index in [1.54, 1.807) is 0 Å². The van der Waals surface area contributed by atoms with E-state index in [4.69, 9.17) is 4.74 Å². The Balaban J connectivity index is 2.78. The number of hydrogen-bond acceptors (Lipinski definition) is 3. The lowest BCUT2D eigenvalue weighted by Crippen LogP contribution is -2.04. The Morgan fingerprint density at radius 1 is 1.50 bits per heavy atom. The predicted octanol–water partition coefficient (Wildman–Crippen LogP) is 2.78. The number of alkyl halides is 1. The largest absolute Gasteiger partial charge is 0.490 e.